The Morgan fingerprint density at radius 1 is 1.33 bits per heavy atom. The van der Waals surface area contributed by atoms with E-state index in [1.165, 1.54) is 6.42 Å². The molecule has 2 atom stereocenters. The van der Waals surface area contributed by atoms with Gasteiger partial charge in [0.15, 0.2) is 5.82 Å². The van der Waals surface area contributed by atoms with E-state index >= 15 is 0 Å². The standard InChI is InChI=1S/C15H24N4O2/c1-18-8-6-16-14(15(18)20)19-7-2-4-12(10-19)17-13-5-3-9-21-11-13/h6,8,12-13,17H,2-5,7,9-11H2,1H3/t12-,13+/m1/s1. The maximum absolute atomic E-state index is 12.2. The fraction of sp³-hybridized carbons (Fsp3) is 0.733. The van der Waals surface area contributed by atoms with Crippen molar-refractivity contribution in [2.75, 3.05) is 31.2 Å². The molecule has 2 aliphatic heterocycles. The van der Waals surface area contributed by atoms with Crippen LogP contribution in [0.4, 0.5) is 5.82 Å². The van der Waals surface area contributed by atoms with Gasteiger partial charge < -0.3 is 19.5 Å². The molecule has 6 nitrogen and oxygen atoms in total. The molecule has 116 valence electrons. The molecule has 0 radical (unpaired) electrons. The monoisotopic (exact) mass is 292 g/mol. The maximum atomic E-state index is 12.2. The summed E-state index contributed by atoms with van der Waals surface area (Å²) < 4.78 is 7.12. The van der Waals surface area contributed by atoms with E-state index in [4.69, 9.17) is 4.74 Å². The Labute approximate surface area is 125 Å². The molecule has 6 heteroatoms. The third-order valence-electron chi connectivity index (χ3n) is 4.35. The summed E-state index contributed by atoms with van der Waals surface area (Å²) in [7, 11) is 1.77. The minimum absolute atomic E-state index is 0.0147. The van der Waals surface area contributed by atoms with Crippen molar-refractivity contribution in [1.29, 1.82) is 0 Å². The van der Waals surface area contributed by atoms with E-state index < -0.39 is 0 Å². The summed E-state index contributed by atoms with van der Waals surface area (Å²) in [5, 5.41) is 3.69. The van der Waals surface area contributed by atoms with Gasteiger partial charge in [-0.25, -0.2) is 4.98 Å². The Hall–Kier alpha value is -1.40. The van der Waals surface area contributed by atoms with E-state index in [2.05, 4.69) is 15.2 Å². The Morgan fingerprint density at radius 3 is 3.00 bits per heavy atom. The molecule has 2 fully saturated rings. The lowest BCUT2D eigenvalue weighted by Crippen LogP contribution is -2.52. The number of nitrogens with one attached hydrogen (secondary N) is 1. The summed E-state index contributed by atoms with van der Waals surface area (Å²) >= 11 is 0. The minimum atomic E-state index is -0.0147. The van der Waals surface area contributed by atoms with Crippen molar-refractivity contribution in [2.24, 2.45) is 7.05 Å². The first-order valence-electron chi connectivity index (χ1n) is 7.84. The third-order valence-corrected chi connectivity index (χ3v) is 4.35. The second-order valence-electron chi connectivity index (χ2n) is 6.03. The second-order valence-corrected chi connectivity index (χ2v) is 6.03. The van der Waals surface area contributed by atoms with E-state index in [1.807, 2.05) is 0 Å². The van der Waals surface area contributed by atoms with Gasteiger partial charge >= 0.3 is 0 Å². The molecule has 0 saturated carbocycles. The van der Waals surface area contributed by atoms with Crippen molar-refractivity contribution >= 4 is 5.82 Å². The van der Waals surface area contributed by atoms with Crippen LogP contribution in [-0.4, -0.2) is 47.9 Å². The fourth-order valence-corrected chi connectivity index (χ4v) is 3.21. The van der Waals surface area contributed by atoms with Crippen molar-refractivity contribution in [3.63, 3.8) is 0 Å². The molecule has 2 aliphatic rings. The van der Waals surface area contributed by atoms with Gasteiger partial charge in [0, 0.05) is 51.2 Å². The summed E-state index contributed by atoms with van der Waals surface area (Å²) in [6.07, 6.45) is 7.95. The molecule has 0 aromatic carbocycles. The Kier molecular flexibility index (Phi) is 4.55. The summed E-state index contributed by atoms with van der Waals surface area (Å²) in [5.74, 6) is 0.575. The van der Waals surface area contributed by atoms with Crippen LogP contribution >= 0.6 is 0 Å². The van der Waals surface area contributed by atoms with Gasteiger partial charge in [0.1, 0.15) is 0 Å². The zero-order valence-electron chi connectivity index (χ0n) is 12.6. The minimum Gasteiger partial charge on any atom is -0.380 e. The van der Waals surface area contributed by atoms with Gasteiger partial charge in [-0.15, -0.1) is 0 Å². The highest BCUT2D eigenvalue weighted by molar-refractivity contribution is 5.36. The highest BCUT2D eigenvalue weighted by Gasteiger charge is 2.25. The fourth-order valence-electron chi connectivity index (χ4n) is 3.21. The zero-order chi connectivity index (χ0) is 14.7. The number of piperidine rings is 1. The van der Waals surface area contributed by atoms with E-state index in [9.17, 15) is 4.79 Å². The number of hydrogen-bond donors (Lipinski definition) is 1. The number of anilines is 1. The Morgan fingerprint density at radius 2 is 2.19 bits per heavy atom. The maximum Gasteiger partial charge on any atom is 0.293 e. The van der Waals surface area contributed by atoms with Crippen LogP contribution in [0.15, 0.2) is 17.2 Å². The molecular formula is C15H24N4O2. The third kappa shape index (κ3) is 3.44. The van der Waals surface area contributed by atoms with Gasteiger partial charge in [0.2, 0.25) is 0 Å². The predicted molar refractivity (Wildman–Crippen MR) is 81.7 cm³/mol. The van der Waals surface area contributed by atoms with Crippen molar-refractivity contribution < 1.29 is 4.74 Å². The van der Waals surface area contributed by atoms with Gasteiger partial charge in [0.05, 0.1) is 6.61 Å². The lowest BCUT2D eigenvalue weighted by molar-refractivity contribution is 0.0655. The molecule has 0 bridgehead atoms. The first-order valence-corrected chi connectivity index (χ1v) is 7.84. The molecule has 3 heterocycles. The number of ether oxygens (including phenoxy) is 1. The Bertz CT molecular complexity index is 525. The number of nitrogens with zero attached hydrogens (tertiary/aromatic N) is 3. The van der Waals surface area contributed by atoms with E-state index in [-0.39, 0.29) is 5.56 Å². The van der Waals surface area contributed by atoms with Gasteiger partial charge in [-0.05, 0) is 25.7 Å². The van der Waals surface area contributed by atoms with Crippen molar-refractivity contribution in [3.05, 3.63) is 22.7 Å². The molecular weight excluding hydrogens is 268 g/mol. The lowest BCUT2D eigenvalue weighted by atomic mass is 10.0. The van der Waals surface area contributed by atoms with Gasteiger partial charge in [-0.2, -0.15) is 0 Å². The largest absolute Gasteiger partial charge is 0.380 e. The quantitative estimate of drug-likeness (QED) is 0.880. The molecule has 3 rings (SSSR count). The molecule has 0 aliphatic carbocycles. The molecule has 1 aromatic rings. The first kappa shape index (κ1) is 14.5. The molecule has 2 saturated heterocycles. The van der Waals surface area contributed by atoms with E-state index in [1.54, 1.807) is 24.0 Å². The normalized spacial score (nSPS) is 26.8. The zero-order valence-corrected chi connectivity index (χ0v) is 12.6. The van der Waals surface area contributed by atoms with Crippen LogP contribution in [0.25, 0.3) is 0 Å². The average molecular weight is 292 g/mol. The molecule has 0 unspecified atom stereocenters. The van der Waals surface area contributed by atoms with Gasteiger partial charge in [-0.3, -0.25) is 4.79 Å². The van der Waals surface area contributed by atoms with Crippen molar-refractivity contribution in [1.82, 2.24) is 14.9 Å². The highest BCUT2D eigenvalue weighted by atomic mass is 16.5. The number of aromatic nitrogens is 2. The van der Waals surface area contributed by atoms with Crippen LogP contribution in [0.3, 0.4) is 0 Å². The SMILES string of the molecule is Cn1ccnc(N2CCC[C@@H](N[C@H]3CCCOC3)C2)c1=O. The van der Waals surface area contributed by atoms with Crippen LogP contribution in [-0.2, 0) is 11.8 Å². The molecule has 0 spiro atoms. The number of rotatable bonds is 3. The number of aryl methyl sites for hydroxylation is 1. The molecule has 0 amide bonds. The molecule has 21 heavy (non-hydrogen) atoms. The second kappa shape index (κ2) is 6.58. The van der Waals surface area contributed by atoms with Crippen molar-refractivity contribution in [3.8, 4) is 0 Å². The summed E-state index contributed by atoms with van der Waals surface area (Å²) in [5.41, 5.74) is -0.0147. The summed E-state index contributed by atoms with van der Waals surface area (Å²) in [6.45, 7) is 3.45. The number of hydrogen-bond acceptors (Lipinski definition) is 5. The smallest absolute Gasteiger partial charge is 0.293 e. The summed E-state index contributed by atoms with van der Waals surface area (Å²) in [4.78, 5) is 18.6. The molecule has 1 aromatic heterocycles. The van der Waals surface area contributed by atoms with E-state index in [0.29, 0.717) is 17.9 Å². The molecule has 1 N–H and O–H groups in total. The van der Waals surface area contributed by atoms with Crippen LogP contribution in [0.5, 0.6) is 0 Å². The first-order chi connectivity index (χ1) is 10.2. The Balaban J connectivity index is 1.65. The van der Waals surface area contributed by atoms with Crippen molar-refractivity contribution in [2.45, 2.75) is 37.8 Å². The van der Waals surface area contributed by atoms with Crippen LogP contribution < -0.4 is 15.8 Å². The van der Waals surface area contributed by atoms with Crippen LogP contribution in [0.1, 0.15) is 25.7 Å². The van der Waals surface area contributed by atoms with Gasteiger partial charge in [-0.1, -0.05) is 0 Å². The predicted octanol–water partition coefficient (Wildman–Crippen LogP) is 0.518. The topological polar surface area (TPSA) is 59.4 Å². The highest BCUT2D eigenvalue weighted by Crippen LogP contribution is 2.16. The van der Waals surface area contributed by atoms with Gasteiger partial charge in [0.25, 0.3) is 5.56 Å². The average Bonchev–Trinajstić information content (AvgIpc) is 2.51. The van der Waals surface area contributed by atoms with E-state index in [0.717, 1.165) is 45.6 Å². The van der Waals surface area contributed by atoms with Crippen LogP contribution in [0, 0.1) is 0 Å². The lowest BCUT2D eigenvalue weighted by Gasteiger charge is -2.36. The van der Waals surface area contributed by atoms with Crippen LogP contribution in [0.2, 0.25) is 0 Å². The summed E-state index contributed by atoms with van der Waals surface area (Å²) in [6, 6.07) is 0.868.